The van der Waals surface area contributed by atoms with Gasteiger partial charge in [-0.25, -0.2) is 9.59 Å². The molecule has 0 saturated heterocycles. The molecular weight excluding hydrogens is 412 g/mol. The van der Waals surface area contributed by atoms with Gasteiger partial charge in [0.1, 0.15) is 18.0 Å². The van der Waals surface area contributed by atoms with Gasteiger partial charge in [-0.15, -0.1) is 0 Å². The molecule has 1 aliphatic heterocycles. The van der Waals surface area contributed by atoms with Crippen LogP contribution in [0, 0.1) is 5.92 Å². The Morgan fingerprint density at radius 3 is 2.34 bits per heavy atom. The van der Waals surface area contributed by atoms with E-state index in [1.165, 1.54) is 0 Å². The number of carbonyl (C=O) groups excluding carboxylic acids is 2. The maximum absolute atomic E-state index is 13.5. The minimum Gasteiger partial charge on any atom is -0.497 e. The topological polar surface area (TPSA) is 116 Å². The molecule has 2 aromatic rings. The molecule has 3 rings (SSSR count). The fraction of sp³-hybridized carbons (Fsp3) is 0.375. The molecule has 0 spiro atoms. The summed E-state index contributed by atoms with van der Waals surface area (Å²) in [7, 11) is 1.58. The molecule has 0 saturated carbocycles. The first-order valence-electron chi connectivity index (χ1n) is 10.6. The number of carbonyl (C=O) groups is 3. The molecule has 2 atom stereocenters. The van der Waals surface area contributed by atoms with Crippen molar-refractivity contribution in [2.24, 2.45) is 11.7 Å². The molecule has 3 N–H and O–H groups in total. The Hall–Kier alpha value is -3.39. The van der Waals surface area contributed by atoms with Crippen molar-refractivity contribution in [1.29, 1.82) is 0 Å². The summed E-state index contributed by atoms with van der Waals surface area (Å²) in [5, 5.41) is 9.38. The number of benzene rings is 2. The molecule has 0 fully saturated rings. The first kappa shape index (κ1) is 23.3. The van der Waals surface area contributed by atoms with Crippen molar-refractivity contribution >= 4 is 17.9 Å². The summed E-state index contributed by atoms with van der Waals surface area (Å²) in [6, 6.07) is 14.0. The summed E-state index contributed by atoms with van der Waals surface area (Å²) in [4.78, 5) is 37.4. The fourth-order valence-corrected chi connectivity index (χ4v) is 4.19. The number of ether oxygens (including phenoxy) is 2. The number of fused-ring (bicyclic) bond motifs is 1. The van der Waals surface area contributed by atoms with Crippen LogP contribution in [0.2, 0.25) is 0 Å². The van der Waals surface area contributed by atoms with E-state index >= 15 is 0 Å². The third kappa shape index (κ3) is 5.26. The van der Waals surface area contributed by atoms with E-state index in [2.05, 4.69) is 0 Å². The van der Waals surface area contributed by atoms with E-state index < -0.39 is 28.3 Å². The van der Waals surface area contributed by atoms with Crippen LogP contribution >= 0.6 is 0 Å². The highest BCUT2D eigenvalue weighted by Crippen LogP contribution is 2.30. The SMILES string of the molecule is COc1ccc(OCCC[C@H](CC(=O)O)C(=O)[N+]2(C(N)=O)CCc3ccccc3C2)cc1. The molecule has 0 bridgehead atoms. The lowest BCUT2D eigenvalue weighted by Crippen LogP contribution is -2.63. The highest BCUT2D eigenvalue weighted by Gasteiger charge is 2.49. The normalized spacial score (nSPS) is 18.3. The average Bonchev–Trinajstić information content (AvgIpc) is 2.80. The standard InChI is InChI=1S/C24H28N2O6/c1-31-20-8-10-21(11-9-20)32-14-4-7-18(15-22(27)28)23(29)26(24(25)30)13-12-17-5-2-3-6-19(17)16-26/h2-3,5-6,8-11,18H,4,7,12-16H2,1H3,(H2-,25,27,28,30)/p+1/t18-,26?/m1/s1. The summed E-state index contributed by atoms with van der Waals surface area (Å²) in [6.45, 7) is 0.710. The zero-order valence-corrected chi connectivity index (χ0v) is 18.2. The number of methoxy groups -OCH3 is 1. The Morgan fingerprint density at radius 1 is 1.06 bits per heavy atom. The van der Waals surface area contributed by atoms with Gasteiger partial charge >= 0.3 is 17.9 Å². The van der Waals surface area contributed by atoms with Gasteiger partial charge < -0.3 is 20.3 Å². The summed E-state index contributed by atoms with van der Waals surface area (Å²) in [6.07, 6.45) is 0.933. The second kappa shape index (κ2) is 10.3. The van der Waals surface area contributed by atoms with Gasteiger partial charge in [0.25, 0.3) is 0 Å². The van der Waals surface area contributed by atoms with Crippen LogP contribution in [0.1, 0.15) is 30.4 Å². The van der Waals surface area contributed by atoms with Crippen molar-refractivity contribution in [2.45, 2.75) is 32.2 Å². The molecule has 0 aliphatic carbocycles. The van der Waals surface area contributed by atoms with Crippen molar-refractivity contribution in [3.05, 3.63) is 59.7 Å². The molecule has 0 aromatic heterocycles. The molecule has 2 aromatic carbocycles. The zero-order valence-electron chi connectivity index (χ0n) is 18.2. The maximum Gasteiger partial charge on any atom is 0.421 e. The van der Waals surface area contributed by atoms with Gasteiger partial charge in [0.2, 0.25) is 0 Å². The molecule has 8 heteroatoms. The average molecular weight is 442 g/mol. The van der Waals surface area contributed by atoms with Gasteiger partial charge in [0, 0.05) is 12.0 Å². The van der Waals surface area contributed by atoms with E-state index in [1.807, 2.05) is 24.3 Å². The second-order valence-electron chi connectivity index (χ2n) is 8.01. The Balaban J connectivity index is 1.68. The van der Waals surface area contributed by atoms with E-state index in [-0.39, 0.29) is 25.9 Å². The number of aliphatic carboxylic acids is 1. The van der Waals surface area contributed by atoms with E-state index in [9.17, 15) is 19.5 Å². The summed E-state index contributed by atoms with van der Waals surface area (Å²) < 4.78 is 10.3. The monoisotopic (exact) mass is 441 g/mol. The van der Waals surface area contributed by atoms with Gasteiger partial charge in [0.05, 0.1) is 32.6 Å². The zero-order chi connectivity index (χ0) is 23.1. The van der Waals surface area contributed by atoms with Gasteiger partial charge in [-0.3, -0.25) is 4.79 Å². The van der Waals surface area contributed by atoms with Crippen LogP contribution in [-0.4, -0.2) is 47.8 Å². The Kier molecular flexibility index (Phi) is 7.48. The van der Waals surface area contributed by atoms with Gasteiger partial charge in [0.15, 0.2) is 0 Å². The van der Waals surface area contributed by atoms with Crippen LogP contribution in [0.4, 0.5) is 4.79 Å². The Bertz CT molecular complexity index is 975. The lowest BCUT2D eigenvalue weighted by atomic mass is 9.92. The molecule has 1 aliphatic rings. The number of quaternary nitrogens is 1. The number of imide groups is 1. The van der Waals surface area contributed by atoms with Crippen molar-refractivity contribution in [1.82, 2.24) is 0 Å². The largest absolute Gasteiger partial charge is 0.497 e. The fourth-order valence-electron chi connectivity index (χ4n) is 4.19. The van der Waals surface area contributed by atoms with Crippen LogP contribution in [0.5, 0.6) is 11.5 Å². The quantitative estimate of drug-likeness (QED) is 0.456. The van der Waals surface area contributed by atoms with Gasteiger partial charge in [-0.05, 0) is 42.7 Å². The number of amides is 3. The lowest BCUT2D eigenvalue weighted by Gasteiger charge is -2.37. The highest BCUT2D eigenvalue weighted by atomic mass is 16.5. The molecule has 32 heavy (non-hydrogen) atoms. The van der Waals surface area contributed by atoms with Crippen LogP contribution in [-0.2, 0) is 22.6 Å². The van der Waals surface area contributed by atoms with Crippen molar-refractivity contribution < 1.29 is 33.4 Å². The molecular formula is C24H29N2O6+. The summed E-state index contributed by atoms with van der Waals surface area (Å²) in [5.41, 5.74) is 7.69. The third-order valence-electron chi connectivity index (χ3n) is 5.96. The number of nitrogens with two attached hydrogens (primary N) is 1. The predicted molar refractivity (Wildman–Crippen MR) is 117 cm³/mol. The van der Waals surface area contributed by atoms with Gasteiger partial charge in [-0.1, -0.05) is 24.3 Å². The van der Waals surface area contributed by atoms with E-state index in [4.69, 9.17) is 15.2 Å². The number of hydrogen-bond acceptors (Lipinski definition) is 5. The number of nitrogens with zero attached hydrogens (tertiary/aromatic N) is 1. The molecule has 1 heterocycles. The van der Waals surface area contributed by atoms with Crippen LogP contribution < -0.4 is 15.2 Å². The van der Waals surface area contributed by atoms with Crippen LogP contribution in [0.25, 0.3) is 0 Å². The smallest absolute Gasteiger partial charge is 0.421 e. The van der Waals surface area contributed by atoms with E-state index in [1.54, 1.807) is 31.4 Å². The molecule has 3 amide bonds. The van der Waals surface area contributed by atoms with E-state index in [0.29, 0.717) is 30.9 Å². The first-order chi connectivity index (χ1) is 15.4. The van der Waals surface area contributed by atoms with Crippen LogP contribution in [0.3, 0.4) is 0 Å². The number of carboxylic acid groups (broad SMARTS) is 1. The highest BCUT2D eigenvalue weighted by molar-refractivity contribution is 5.87. The minimum absolute atomic E-state index is 0.156. The molecule has 1 unspecified atom stereocenters. The molecule has 0 radical (unpaired) electrons. The molecule has 170 valence electrons. The van der Waals surface area contributed by atoms with Crippen molar-refractivity contribution in [2.75, 3.05) is 20.3 Å². The Labute approximate surface area is 187 Å². The summed E-state index contributed by atoms with van der Waals surface area (Å²) >= 11 is 0. The number of rotatable bonds is 9. The molecule has 8 nitrogen and oxygen atoms in total. The van der Waals surface area contributed by atoms with Crippen LogP contribution in [0.15, 0.2) is 48.5 Å². The Morgan fingerprint density at radius 2 is 1.72 bits per heavy atom. The minimum atomic E-state index is -1.08. The number of carboxylic acids is 1. The second-order valence-corrected chi connectivity index (χ2v) is 8.01. The van der Waals surface area contributed by atoms with Crippen molar-refractivity contribution in [3.8, 4) is 11.5 Å². The van der Waals surface area contributed by atoms with Crippen molar-refractivity contribution in [3.63, 3.8) is 0 Å². The third-order valence-corrected chi connectivity index (χ3v) is 5.96. The lowest BCUT2D eigenvalue weighted by molar-refractivity contribution is -0.791. The van der Waals surface area contributed by atoms with Gasteiger partial charge in [-0.2, -0.15) is 4.48 Å². The number of hydrogen-bond donors (Lipinski definition) is 2. The number of urea groups is 1. The predicted octanol–water partition coefficient (Wildman–Crippen LogP) is 3.12. The number of primary amides is 1. The maximum atomic E-state index is 13.5. The summed E-state index contributed by atoms with van der Waals surface area (Å²) in [5.74, 6) is -0.976. The first-order valence-corrected chi connectivity index (χ1v) is 10.6. The van der Waals surface area contributed by atoms with E-state index in [0.717, 1.165) is 11.1 Å².